The summed E-state index contributed by atoms with van der Waals surface area (Å²) in [5.74, 6) is 0. The minimum atomic E-state index is 0.274. The number of nitrogens with two attached hydrogens (primary N) is 1. The van der Waals surface area contributed by atoms with E-state index in [-0.39, 0.29) is 5.41 Å². The molecule has 82 valence electrons. The SMILES string of the molecule is C=CCN(C)CC1(CN)CCOCC1. The van der Waals surface area contributed by atoms with E-state index in [1.165, 1.54) is 0 Å². The van der Waals surface area contributed by atoms with Crippen molar-refractivity contribution in [3.8, 4) is 0 Å². The summed E-state index contributed by atoms with van der Waals surface area (Å²) in [6.45, 7) is 8.21. The van der Waals surface area contributed by atoms with Gasteiger partial charge in [-0.15, -0.1) is 6.58 Å². The maximum atomic E-state index is 5.87. The molecule has 0 amide bonds. The van der Waals surface area contributed by atoms with Gasteiger partial charge in [-0.3, -0.25) is 0 Å². The summed E-state index contributed by atoms with van der Waals surface area (Å²) in [5, 5.41) is 0. The van der Waals surface area contributed by atoms with Crippen LogP contribution in [0.2, 0.25) is 0 Å². The van der Waals surface area contributed by atoms with Crippen molar-refractivity contribution in [2.45, 2.75) is 12.8 Å². The second-order valence-electron chi connectivity index (χ2n) is 4.30. The molecule has 1 heterocycles. The van der Waals surface area contributed by atoms with Crippen LogP contribution in [-0.2, 0) is 4.74 Å². The molecule has 14 heavy (non-hydrogen) atoms. The highest BCUT2D eigenvalue weighted by Gasteiger charge is 2.31. The Hall–Kier alpha value is -0.380. The van der Waals surface area contributed by atoms with E-state index in [4.69, 9.17) is 10.5 Å². The van der Waals surface area contributed by atoms with Gasteiger partial charge < -0.3 is 15.4 Å². The monoisotopic (exact) mass is 198 g/mol. The molecule has 0 atom stereocenters. The van der Waals surface area contributed by atoms with E-state index >= 15 is 0 Å². The second kappa shape index (κ2) is 5.49. The van der Waals surface area contributed by atoms with Gasteiger partial charge in [-0.2, -0.15) is 0 Å². The molecule has 0 aromatic heterocycles. The summed E-state index contributed by atoms with van der Waals surface area (Å²) >= 11 is 0. The molecule has 2 N–H and O–H groups in total. The number of nitrogens with zero attached hydrogens (tertiary/aromatic N) is 1. The van der Waals surface area contributed by atoms with Crippen LogP contribution >= 0.6 is 0 Å². The fourth-order valence-electron chi connectivity index (χ4n) is 2.09. The topological polar surface area (TPSA) is 38.5 Å². The van der Waals surface area contributed by atoms with Crippen LogP contribution in [0.4, 0.5) is 0 Å². The first-order valence-electron chi connectivity index (χ1n) is 5.30. The zero-order valence-electron chi connectivity index (χ0n) is 9.17. The van der Waals surface area contributed by atoms with Crippen LogP contribution in [0.25, 0.3) is 0 Å². The smallest absolute Gasteiger partial charge is 0.0472 e. The highest BCUT2D eigenvalue weighted by atomic mass is 16.5. The molecule has 0 unspecified atom stereocenters. The Morgan fingerprint density at radius 1 is 1.50 bits per heavy atom. The van der Waals surface area contributed by atoms with Crippen molar-refractivity contribution in [3.63, 3.8) is 0 Å². The lowest BCUT2D eigenvalue weighted by molar-refractivity contribution is 0.00518. The molecular weight excluding hydrogens is 176 g/mol. The zero-order valence-corrected chi connectivity index (χ0v) is 9.17. The Morgan fingerprint density at radius 3 is 2.64 bits per heavy atom. The third-order valence-electron chi connectivity index (χ3n) is 3.03. The Labute approximate surface area is 86.9 Å². The van der Waals surface area contributed by atoms with Crippen LogP contribution in [0.3, 0.4) is 0 Å². The van der Waals surface area contributed by atoms with Gasteiger partial charge in [-0.05, 0) is 31.8 Å². The van der Waals surface area contributed by atoms with Crippen molar-refractivity contribution >= 4 is 0 Å². The molecule has 0 aromatic rings. The first-order chi connectivity index (χ1) is 6.72. The first-order valence-corrected chi connectivity index (χ1v) is 5.30. The summed E-state index contributed by atoms with van der Waals surface area (Å²) in [6.07, 6.45) is 4.11. The Balaban J connectivity index is 2.46. The van der Waals surface area contributed by atoms with Crippen LogP contribution < -0.4 is 5.73 Å². The fourth-order valence-corrected chi connectivity index (χ4v) is 2.09. The first kappa shape index (κ1) is 11.7. The number of hydrogen-bond donors (Lipinski definition) is 1. The number of hydrogen-bond acceptors (Lipinski definition) is 3. The van der Waals surface area contributed by atoms with Gasteiger partial charge in [-0.1, -0.05) is 6.08 Å². The van der Waals surface area contributed by atoms with Crippen molar-refractivity contribution in [1.29, 1.82) is 0 Å². The normalized spacial score (nSPS) is 21.1. The molecule has 0 aliphatic carbocycles. The van der Waals surface area contributed by atoms with Crippen molar-refractivity contribution in [1.82, 2.24) is 4.90 Å². The fraction of sp³-hybridized carbons (Fsp3) is 0.818. The largest absolute Gasteiger partial charge is 0.381 e. The molecule has 0 radical (unpaired) electrons. The zero-order chi connectivity index (χ0) is 10.4. The molecule has 1 aliphatic heterocycles. The van der Waals surface area contributed by atoms with E-state index in [1.54, 1.807) is 0 Å². The van der Waals surface area contributed by atoms with Crippen LogP contribution in [0.5, 0.6) is 0 Å². The predicted octanol–water partition coefficient (Wildman–Crippen LogP) is 0.860. The molecule has 0 saturated carbocycles. The molecule has 1 rings (SSSR count). The molecular formula is C11H22N2O. The van der Waals surface area contributed by atoms with Gasteiger partial charge in [-0.25, -0.2) is 0 Å². The van der Waals surface area contributed by atoms with Gasteiger partial charge >= 0.3 is 0 Å². The number of likely N-dealkylation sites (N-methyl/N-ethyl adjacent to an activating group) is 1. The van der Waals surface area contributed by atoms with Gasteiger partial charge in [0.05, 0.1) is 0 Å². The third kappa shape index (κ3) is 3.08. The summed E-state index contributed by atoms with van der Waals surface area (Å²) in [5.41, 5.74) is 6.15. The minimum absolute atomic E-state index is 0.274. The standard InChI is InChI=1S/C11H22N2O/c1-3-6-13(2)10-11(9-12)4-7-14-8-5-11/h3H,1,4-10,12H2,2H3. The van der Waals surface area contributed by atoms with E-state index in [0.717, 1.165) is 45.7 Å². The van der Waals surface area contributed by atoms with Crippen molar-refractivity contribution in [2.24, 2.45) is 11.1 Å². The molecule has 1 saturated heterocycles. The second-order valence-corrected chi connectivity index (χ2v) is 4.30. The lowest BCUT2D eigenvalue weighted by atomic mass is 9.80. The van der Waals surface area contributed by atoms with Crippen molar-refractivity contribution in [2.75, 3.05) is 39.9 Å². The van der Waals surface area contributed by atoms with E-state index in [1.807, 2.05) is 6.08 Å². The van der Waals surface area contributed by atoms with Crippen LogP contribution in [0.15, 0.2) is 12.7 Å². The van der Waals surface area contributed by atoms with Crippen LogP contribution in [0.1, 0.15) is 12.8 Å². The van der Waals surface area contributed by atoms with Gasteiger partial charge in [0, 0.05) is 26.3 Å². The van der Waals surface area contributed by atoms with E-state index in [0.29, 0.717) is 0 Å². The van der Waals surface area contributed by atoms with Crippen molar-refractivity contribution < 1.29 is 4.74 Å². The molecule has 1 fully saturated rings. The molecule has 1 aliphatic rings. The predicted molar refractivity (Wildman–Crippen MR) is 59.2 cm³/mol. The van der Waals surface area contributed by atoms with Gasteiger partial charge in [0.15, 0.2) is 0 Å². The molecule has 3 heteroatoms. The lowest BCUT2D eigenvalue weighted by Crippen LogP contribution is -2.45. The number of ether oxygens (including phenoxy) is 1. The summed E-state index contributed by atoms with van der Waals surface area (Å²) in [7, 11) is 2.12. The summed E-state index contributed by atoms with van der Waals surface area (Å²) < 4.78 is 5.37. The van der Waals surface area contributed by atoms with Gasteiger partial charge in [0.25, 0.3) is 0 Å². The maximum Gasteiger partial charge on any atom is 0.0472 e. The average molecular weight is 198 g/mol. The molecule has 0 spiro atoms. The van der Waals surface area contributed by atoms with E-state index in [9.17, 15) is 0 Å². The summed E-state index contributed by atoms with van der Waals surface area (Å²) in [4.78, 5) is 2.28. The highest BCUT2D eigenvalue weighted by molar-refractivity contribution is 4.86. The Bertz CT molecular complexity index is 176. The molecule has 0 aromatic carbocycles. The molecule has 3 nitrogen and oxygen atoms in total. The van der Waals surface area contributed by atoms with Crippen LogP contribution in [-0.4, -0.2) is 44.8 Å². The maximum absolute atomic E-state index is 5.87. The van der Waals surface area contributed by atoms with E-state index in [2.05, 4.69) is 18.5 Å². The van der Waals surface area contributed by atoms with E-state index < -0.39 is 0 Å². The van der Waals surface area contributed by atoms with Crippen molar-refractivity contribution in [3.05, 3.63) is 12.7 Å². The highest BCUT2D eigenvalue weighted by Crippen LogP contribution is 2.29. The summed E-state index contributed by atoms with van der Waals surface area (Å²) in [6, 6.07) is 0. The number of rotatable bonds is 5. The average Bonchev–Trinajstić information content (AvgIpc) is 2.19. The quantitative estimate of drug-likeness (QED) is 0.666. The lowest BCUT2D eigenvalue weighted by Gasteiger charge is -2.38. The molecule has 0 bridgehead atoms. The third-order valence-corrected chi connectivity index (χ3v) is 3.03. The van der Waals surface area contributed by atoms with Crippen LogP contribution in [0, 0.1) is 5.41 Å². The van der Waals surface area contributed by atoms with Gasteiger partial charge in [0.1, 0.15) is 0 Å². The Morgan fingerprint density at radius 2 is 2.14 bits per heavy atom. The van der Waals surface area contributed by atoms with Gasteiger partial charge in [0.2, 0.25) is 0 Å². The Kier molecular flexibility index (Phi) is 4.58. The minimum Gasteiger partial charge on any atom is -0.381 e.